The van der Waals surface area contributed by atoms with Crippen LogP contribution in [-0.2, 0) is 12.0 Å². The molecule has 0 spiro atoms. The van der Waals surface area contributed by atoms with E-state index in [9.17, 15) is 5.11 Å². The Morgan fingerprint density at radius 2 is 1.80 bits per heavy atom. The molecule has 0 radical (unpaired) electrons. The Labute approximate surface area is 131 Å². The summed E-state index contributed by atoms with van der Waals surface area (Å²) in [4.78, 5) is 1.23. The van der Waals surface area contributed by atoms with Crippen LogP contribution in [0.5, 0.6) is 0 Å². The van der Waals surface area contributed by atoms with Crippen molar-refractivity contribution in [2.45, 2.75) is 32.9 Å². The summed E-state index contributed by atoms with van der Waals surface area (Å²) < 4.78 is -0.172. The molecule has 2 aromatic rings. The summed E-state index contributed by atoms with van der Waals surface area (Å²) in [5, 5.41) is 12.0. The van der Waals surface area contributed by atoms with E-state index < -0.39 is 5.60 Å². The van der Waals surface area contributed by atoms with Gasteiger partial charge < -0.3 is 5.11 Å². The molecule has 0 aromatic heterocycles. The molecule has 102 valence electrons. The van der Waals surface area contributed by atoms with Crippen LogP contribution >= 0.6 is 27.7 Å². The molecule has 1 aliphatic carbocycles. The van der Waals surface area contributed by atoms with E-state index in [1.54, 1.807) is 0 Å². The topological polar surface area (TPSA) is 20.2 Å². The maximum Gasteiger partial charge on any atom is 0.111 e. The number of halogens is 1. The second kappa shape index (κ2) is 4.36. The van der Waals surface area contributed by atoms with Gasteiger partial charge in [0.2, 0.25) is 0 Å². The maximum atomic E-state index is 11.5. The summed E-state index contributed by atoms with van der Waals surface area (Å²) >= 11 is 5.74. The number of benzene rings is 2. The number of aliphatic hydroxyl groups is 1. The maximum absolute atomic E-state index is 11.5. The number of hydrogen-bond acceptors (Lipinski definition) is 2. The molecule has 0 saturated heterocycles. The van der Waals surface area contributed by atoms with Crippen LogP contribution in [0.15, 0.2) is 59.5 Å². The van der Waals surface area contributed by atoms with Crippen LogP contribution in [0.4, 0.5) is 0 Å². The zero-order chi connectivity index (χ0) is 13.8. The minimum Gasteiger partial charge on any atom is -0.383 e. The van der Waals surface area contributed by atoms with Crippen LogP contribution in [0.3, 0.4) is 0 Å². The second-order valence-corrected chi connectivity index (χ2v) is 8.35. The van der Waals surface area contributed by atoms with Gasteiger partial charge in [0.05, 0.1) is 4.32 Å². The van der Waals surface area contributed by atoms with Gasteiger partial charge in [-0.2, -0.15) is 0 Å². The molecule has 2 aromatic carbocycles. The molecule has 1 N–H and O–H groups in total. The van der Waals surface area contributed by atoms with E-state index in [-0.39, 0.29) is 4.32 Å². The van der Waals surface area contributed by atoms with Crippen molar-refractivity contribution in [3.8, 4) is 0 Å². The van der Waals surface area contributed by atoms with E-state index in [2.05, 4.69) is 46.3 Å². The lowest BCUT2D eigenvalue weighted by molar-refractivity contribution is 0.0251. The summed E-state index contributed by atoms with van der Waals surface area (Å²) in [5.74, 6) is 0. The molecule has 0 bridgehead atoms. The molecular weight excluding hydrogens is 332 g/mol. The highest BCUT2D eigenvalue weighted by Crippen LogP contribution is 2.68. The van der Waals surface area contributed by atoms with Crippen LogP contribution in [0.1, 0.15) is 17.5 Å². The number of thioether (sulfide) groups is 1. The molecule has 3 heteroatoms. The molecule has 0 amide bonds. The zero-order valence-electron chi connectivity index (χ0n) is 10.9. The minimum absolute atomic E-state index is 0.172. The van der Waals surface area contributed by atoms with Gasteiger partial charge in [-0.25, -0.2) is 0 Å². The Balaban J connectivity index is 1.82. The summed E-state index contributed by atoms with van der Waals surface area (Å²) in [7, 11) is 0. The summed E-state index contributed by atoms with van der Waals surface area (Å²) in [5.41, 5.74) is 1.43. The van der Waals surface area contributed by atoms with Crippen LogP contribution < -0.4 is 0 Å². The molecule has 1 aliphatic heterocycles. The summed E-state index contributed by atoms with van der Waals surface area (Å²) in [6.45, 7) is 0. The minimum atomic E-state index is -0.819. The summed E-state index contributed by atoms with van der Waals surface area (Å²) in [6, 6.07) is 18.5. The first-order valence-electron chi connectivity index (χ1n) is 6.85. The standard InChI is InChI=1S/C17H15BrOS/c18-16-11-15(16)20-14-9-5-4-8-13(14)17(16,19)10-12-6-2-1-3-7-12/h1-9,15,19H,10-11H2. The van der Waals surface area contributed by atoms with Crippen molar-refractivity contribution in [1.29, 1.82) is 0 Å². The van der Waals surface area contributed by atoms with Crippen molar-refractivity contribution in [3.05, 3.63) is 65.7 Å². The van der Waals surface area contributed by atoms with Crippen molar-refractivity contribution >= 4 is 27.7 Å². The van der Waals surface area contributed by atoms with Crippen LogP contribution in [0.25, 0.3) is 0 Å². The van der Waals surface area contributed by atoms with E-state index in [4.69, 9.17) is 0 Å². The van der Waals surface area contributed by atoms with E-state index in [0.29, 0.717) is 11.7 Å². The van der Waals surface area contributed by atoms with Gasteiger partial charge in [0.25, 0.3) is 0 Å². The molecule has 1 heterocycles. The molecule has 3 atom stereocenters. The number of hydrogen-bond donors (Lipinski definition) is 1. The molecule has 20 heavy (non-hydrogen) atoms. The molecule has 1 nitrogen and oxygen atoms in total. The van der Waals surface area contributed by atoms with Gasteiger partial charge in [-0.1, -0.05) is 64.5 Å². The van der Waals surface area contributed by atoms with Gasteiger partial charge in [-0.3, -0.25) is 0 Å². The third-order valence-corrected chi connectivity index (χ3v) is 7.72. The van der Waals surface area contributed by atoms with E-state index >= 15 is 0 Å². The largest absolute Gasteiger partial charge is 0.383 e. The third-order valence-electron chi connectivity index (χ3n) is 4.42. The Morgan fingerprint density at radius 3 is 2.60 bits per heavy atom. The van der Waals surface area contributed by atoms with Crippen molar-refractivity contribution in [1.82, 2.24) is 0 Å². The average molecular weight is 347 g/mol. The van der Waals surface area contributed by atoms with Gasteiger partial charge in [0.1, 0.15) is 5.60 Å². The first-order valence-corrected chi connectivity index (χ1v) is 8.52. The van der Waals surface area contributed by atoms with Crippen molar-refractivity contribution < 1.29 is 5.11 Å². The molecule has 4 rings (SSSR count). The van der Waals surface area contributed by atoms with Gasteiger partial charge in [-0.15, -0.1) is 11.8 Å². The molecule has 2 aliphatic rings. The first kappa shape index (κ1) is 12.9. The third kappa shape index (κ3) is 1.73. The Kier molecular flexibility index (Phi) is 2.82. The highest BCUT2D eigenvalue weighted by molar-refractivity contribution is 9.10. The number of alkyl halides is 1. The van der Waals surface area contributed by atoms with E-state index in [1.807, 2.05) is 36.0 Å². The Hall–Kier alpha value is -0.770. The Bertz CT molecular complexity index is 659. The second-order valence-electron chi connectivity index (χ2n) is 5.69. The molecule has 1 fully saturated rings. The van der Waals surface area contributed by atoms with Gasteiger partial charge >= 0.3 is 0 Å². The van der Waals surface area contributed by atoms with Gasteiger partial charge in [0.15, 0.2) is 0 Å². The number of rotatable bonds is 2. The number of fused-ring (bicyclic) bond motifs is 2. The van der Waals surface area contributed by atoms with Crippen LogP contribution in [0.2, 0.25) is 0 Å². The molecule has 1 saturated carbocycles. The average Bonchev–Trinajstić information content (AvgIpc) is 3.13. The first-order chi connectivity index (χ1) is 9.63. The Morgan fingerprint density at radius 1 is 1.10 bits per heavy atom. The fourth-order valence-corrected chi connectivity index (χ4v) is 5.93. The fourth-order valence-electron chi connectivity index (χ4n) is 3.20. The van der Waals surface area contributed by atoms with Crippen molar-refractivity contribution in [2.24, 2.45) is 0 Å². The lowest BCUT2D eigenvalue weighted by Gasteiger charge is -2.39. The van der Waals surface area contributed by atoms with Crippen LogP contribution in [-0.4, -0.2) is 14.7 Å². The highest BCUT2D eigenvalue weighted by Gasteiger charge is 2.68. The van der Waals surface area contributed by atoms with E-state index in [0.717, 1.165) is 12.0 Å². The van der Waals surface area contributed by atoms with Crippen molar-refractivity contribution in [3.63, 3.8) is 0 Å². The lowest BCUT2D eigenvalue weighted by Crippen LogP contribution is -2.44. The predicted molar refractivity (Wildman–Crippen MR) is 86.4 cm³/mol. The highest BCUT2D eigenvalue weighted by atomic mass is 79.9. The van der Waals surface area contributed by atoms with Gasteiger partial charge in [0, 0.05) is 16.6 Å². The quantitative estimate of drug-likeness (QED) is 0.825. The lowest BCUT2D eigenvalue weighted by atomic mass is 9.82. The molecule has 3 unspecified atom stereocenters. The predicted octanol–water partition coefficient (Wildman–Crippen LogP) is 4.13. The SMILES string of the molecule is OC1(Cc2ccccc2)c2ccccc2SC2CC21Br. The van der Waals surface area contributed by atoms with Crippen molar-refractivity contribution in [2.75, 3.05) is 0 Å². The molecular formula is C17H15BrOS. The normalized spacial score (nSPS) is 34.2. The fraction of sp³-hybridized carbons (Fsp3) is 0.294. The summed E-state index contributed by atoms with van der Waals surface area (Å²) in [6.07, 6.45) is 1.68. The smallest absolute Gasteiger partial charge is 0.111 e. The van der Waals surface area contributed by atoms with E-state index in [1.165, 1.54) is 10.5 Å². The van der Waals surface area contributed by atoms with Crippen LogP contribution in [0, 0.1) is 0 Å². The van der Waals surface area contributed by atoms with Gasteiger partial charge in [-0.05, 0) is 23.6 Å². The monoisotopic (exact) mass is 346 g/mol. The zero-order valence-corrected chi connectivity index (χ0v) is 13.3.